The molecule has 4 rings (SSSR count). The zero-order chi connectivity index (χ0) is 20.2. The summed E-state index contributed by atoms with van der Waals surface area (Å²) in [5, 5.41) is 5.71. The predicted octanol–water partition coefficient (Wildman–Crippen LogP) is 5.23. The van der Waals surface area contributed by atoms with Crippen molar-refractivity contribution in [3.63, 3.8) is 0 Å². The molecule has 0 unspecified atom stereocenters. The van der Waals surface area contributed by atoms with E-state index < -0.39 is 0 Å². The second-order valence-electron chi connectivity index (χ2n) is 7.22. The number of nitrogens with one attached hydrogen (secondary N) is 2. The number of nitrogens with zero attached hydrogens (tertiary/aromatic N) is 1. The van der Waals surface area contributed by atoms with Gasteiger partial charge in [0.15, 0.2) is 0 Å². The second-order valence-corrected chi connectivity index (χ2v) is 7.22. The fourth-order valence-electron chi connectivity index (χ4n) is 3.62. The number of rotatable bonds is 3. The predicted molar refractivity (Wildman–Crippen MR) is 117 cm³/mol. The Morgan fingerprint density at radius 1 is 0.862 bits per heavy atom. The van der Waals surface area contributed by atoms with Crippen molar-refractivity contribution >= 4 is 29.0 Å². The van der Waals surface area contributed by atoms with E-state index in [4.69, 9.17) is 0 Å². The second kappa shape index (κ2) is 8.19. The number of carbonyl (C=O) groups is 2. The van der Waals surface area contributed by atoms with Gasteiger partial charge in [0.2, 0.25) is 0 Å². The molecule has 0 aliphatic carbocycles. The van der Waals surface area contributed by atoms with Crippen LogP contribution in [0.5, 0.6) is 0 Å². The van der Waals surface area contributed by atoms with E-state index in [1.165, 1.54) is 0 Å². The van der Waals surface area contributed by atoms with Crippen LogP contribution in [0.1, 0.15) is 27.9 Å². The van der Waals surface area contributed by atoms with Gasteiger partial charge in [0, 0.05) is 29.2 Å². The lowest BCUT2D eigenvalue weighted by Gasteiger charge is -2.30. The lowest BCUT2D eigenvalue weighted by Crippen LogP contribution is -2.35. The largest absolute Gasteiger partial charge is 0.323 e. The summed E-state index contributed by atoms with van der Waals surface area (Å²) in [4.78, 5) is 27.2. The molecule has 3 aromatic carbocycles. The molecule has 1 heterocycles. The Balaban J connectivity index is 1.53. The van der Waals surface area contributed by atoms with Gasteiger partial charge >= 0.3 is 6.03 Å². The number of hydrogen-bond donors (Lipinski definition) is 2. The monoisotopic (exact) mass is 385 g/mol. The number of hydrogen-bond acceptors (Lipinski definition) is 2. The lowest BCUT2D eigenvalue weighted by atomic mass is 10.00. The summed E-state index contributed by atoms with van der Waals surface area (Å²) in [5.74, 6) is -0.0205. The van der Waals surface area contributed by atoms with E-state index in [9.17, 15) is 9.59 Å². The maximum Gasteiger partial charge on any atom is 0.323 e. The zero-order valence-electron chi connectivity index (χ0n) is 16.3. The van der Waals surface area contributed by atoms with Crippen molar-refractivity contribution < 1.29 is 9.59 Å². The molecular formula is C24H23N3O2. The topological polar surface area (TPSA) is 61.4 Å². The molecule has 5 nitrogen and oxygen atoms in total. The van der Waals surface area contributed by atoms with Crippen LogP contribution in [-0.4, -0.2) is 18.5 Å². The molecule has 2 N–H and O–H groups in total. The third kappa shape index (κ3) is 4.29. The Kier molecular flexibility index (Phi) is 5.29. The number of fused-ring (bicyclic) bond motifs is 1. The van der Waals surface area contributed by atoms with Crippen LogP contribution in [0, 0.1) is 6.92 Å². The molecule has 0 atom stereocenters. The highest BCUT2D eigenvalue weighted by Crippen LogP contribution is 2.31. The van der Waals surface area contributed by atoms with E-state index in [2.05, 4.69) is 10.6 Å². The molecule has 0 radical (unpaired) electrons. The molecular weight excluding hydrogens is 362 g/mol. The van der Waals surface area contributed by atoms with Crippen LogP contribution in [0.4, 0.5) is 21.9 Å². The molecule has 5 heteroatoms. The lowest BCUT2D eigenvalue weighted by molar-refractivity contribution is 0.0985. The van der Waals surface area contributed by atoms with Gasteiger partial charge in [-0.05, 0) is 67.3 Å². The summed E-state index contributed by atoms with van der Waals surface area (Å²) < 4.78 is 0. The number of amides is 3. The molecule has 0 bridgehead atoms. The van der Waals surface area contributed by atoms with Gasteiger partial charge in [-0.2, -0.15) is 0 Å². The molecule has 0 saturated heterocycles. The molecule has 3 aromatic rings. The molecule has 146 valence electrons. The van der Waals surface area contributed by atoms with Gasteiger partial charge < -0.3 is 15.5 Å². The van der Waals surface area contributed by atoms with Gasteiger partial charge in [-0.15, -0.1) is 0 Å². The van der Waals surface area contributed by atoms with E-state index in [0.29, 0.717) is 17.8 Å². The molecule has 29 heavy (non-hydrogen) atoms. The smallest absolute Gasteiger partial charge is 0.308 e. The Labute approximate surface area is 170 Å². The average molecular weight is 385 g/mol. The van der Waals surface area contributed by atoms with E-state index in [1.54, 1.807) is 4.90 Å². The molecule has 1 aliphatic heterocycles. The van der Waals surface area contributed by atoms with Crippen LogP contribution in [0.15, 0.2) is 72.8 Å². The van der Waals surface area contributed by atoms with Gasteiger partial charge in [-0.1, -0.05) is 36.4 Å². The van der Waals surface area contributed by atoms with Gasteiger partial charge in [-0.25, -0.2) is 4.79 Å². The molecule has 1 aliphatic rings. The number of benzene rings is 3. The summed E-state index contributed by atoms with van der Waals surface area (Å²) in [7, 11) is 0. The van der Waals surface area contributed by atoms with Crippen LogP contribution in [0.3, 0.4) is 0 Å². The minimum atomic E-state index is -0.313. The Morgan fingerprint density at radius 3 is 2.38 bits per heavy atom. The molecule has 0 saturated carbocycles. The Bertz CT molecular complexity index is 1050. The number of aryl methyl sites for hydroxylation is 2. The van der Waals surface area contributed by atoms with Crippen molar-refractivity contribution in [3.8, 4) is 0 Å². The van der Waals surface area contributed by atoms with Crippen LogP contribution >= 0.6 is 0 Å². The summed E-state index contributed by atoms with van der Waals surface area (Å²) in [5.41, 5.74) is 5.11. The number of urea groups is 1. The van der Waals surface area contributed by atoms with Gasteiger partial charge in [0.25, 0.3) is 5.91 Å². The SMILES string of the molecule is Cc1cccc(NC(=O)Nc2ccc3c(c2)N(C(=O)c2ccccc2)CCC3)c1. The van der Waals surface area contributed by atoms with Crippen molar-refractivity contribution in [2.45, 2.75) is 19.8 Å². The third-order valence-electron chi connectivity index (χ3n) is 5.00. The Hall–Kier alpha value is -3.60. The van der Waals surface area contributed by atoms with Crippen LogP contribution in [-0.2, 0) is 6.42 Å². The fourth-order valence-corrected chi connectivity index (χ4v) is 3.62. The molecule has 0 fully saturated rings. The molecule has 0 aromatic heterocycles. The first-order chi connectivity index (χ1) is 14.1. The van der Waals surface area contributed by atoms with Crippen molar-refractivity contribution in [2.24, 2.45) is 0 Å². The minimum Gasteiger partial charge on any atom is -0.308 e. The maximum absolute atomic E-state index is 13.0. The van der Waals surface area contributed by atoms with Crippen LogP contribution in [0.2, 0.25) is 0 Å². The average Bonchev–Trinajstić information content (AvgIpc) is 2.73. The highest BCUT2D eigenvalue weighted by molar-refractivity contribution is 6.07. The van der Waals surface area contributed by atoms with Crippen LogP contribution in [0.25, 0.3) is 0 Å². The zero-order valence-corrected chi connectivity index (χ0v) is 16.3. The van der Waals surface area contributed by atoms with Crippen molar-refractivity contribution in [1.29, 1.82) is 0 Å². The third-order valence-corrected chi connectivity index (χ3v) is 5.00. The summed E-state index contributed by atoms with van der Waals surface area (Å²) in [6.45, 7) is 2.64. The highest BCUT2D eigenvalue weighted by Gasteiger charge is 2.24. The molecule has 0 spiro atoms. The first kappa shape index (κ1) is 18.7. The summed E-state index contributed by atoms with van der Waals surface area (Å²) in [6.07, 6.45) is 1.84. The van der Waals surface area contributed by atoms with Gasteiger partial charge in [0.1, 0.15) is 0 Å². The van der Waals surface area contributed by atoms with E-state index >= 15 is 0 Å². The number of carbonyl (C=O) groups excluding carboxylic acids is 2. The standard InChI is InChI=1S/C24H23N3O2/c1-17-7-5-11-20(15-17)25-24(29)26-21-13-12-18-10-6-14-27(22(18)16-21)23(28)19-8-3-2-4-9-19/h2-5,7-9,11-13,15-16H,6,10,14H2,1H3,(H2,25,26,29). The van der Waals surface area contributed by atoms with Crippen molar-refractivity contribution in [2.75, 3.05) is 22.1 Å². The number of anilines is 3. The maximum atomic E-state index is 13.0. The van der Waals surface area contributed by atoms with Gasteiger partial charge in [0.05, 0.1) is 0 Å². The van der Waals surface area contributed by atoms with E-state index in [0.717, 1.165) is 35.3 Å². The van der Waals surface area contributed by atoms with Crippen molar-refractivity contribution in [1.82, 2.24) is 0 Å². The summed E-state index contributed by atoms with van der Waals surface area (Å²) in [6, 6.07) is 22.4. The van der Waals surface area contributed by atoms with Gasteiger partial charge in [-0.3, -0.25) is 4.79 Å². The first-order valence-corrected chi connectivity index (χ1v) is 9.75. The fraction of sp³-hybridized carbons (Fsp3) is 0.167. The summed E-state index contributed by atoms with van der Waals surface area (Å²) >= 11 is 0. The normalized spacial score (nSPS) is 12.8. The van der Waals surface area contributed by atoms with E-state index in [1.807, 2.05) is 79.7 Å². The highest BCUT2D eigenvalue weighted by atomic mass is 16.2. The van der Waals surface area contributed by atoms with E-state index in [-0.39, 0.29) is 11.9 Å². The van der Waals surface area contributed by atoms with Crippen molar-refractivity contribution in [3.05, 3.63) is 89.5 Å². The molecule has 3 amide bonds. The minimum absolute atomic E-state index is 0.0205. The first-order valence-electron chi connectivity index (χ1n) is 9.75. The Morgan fingerprint density at radius 2 is 1.62 bits per heavy atom. The quantitative estimate of drug-likeness (QED) is 0.648. The van der Waals surface area contributed by atoms with Crippen LogP contribution < -0.4 is 15.5 Å².